The van der Waals surface area contributed by atoms with Crippen molar-refractivity contribution in [2.24, 2.45) is 5.92 Å². The molecule has 1 fully saturated rings. The van der Waals surface area contributed by atoms with Crippen LogP contribution in [-0.2, 0) is 16.2 Å². The Hall–Kier alpha value is -2.84. The van der Waals surface area contributed by atoms with Crippen molar-refractivity contribution >= 4 is 18.2 Å². The maximum atomic E-state index is 12.0. The Bertz CT molecular complexity index is 1040. The highest BCUT2D eigenvalue weighted by Crippen LogP contribution is 2.21. The number of quaternary nitrogens is 1. The van der Waals surface area contributed by atoms with Gasteiger partial charge in [-0.25, -0.2) is 0 Å². The number of carbonyl (C=O) groups is 1. The molecule has 0 amide bonds. The molecule has 2 aromatic heterocycles. The van der Waals surface area contributed by atoms with Crippen LogP contribution in [0.5, 0.6) is 0 Å². The van der Waals surface area contributed by atoms with Gasteiger partial charge in [0.2, 0.25) is 4.77 Å². The second-order valence-corrected chi connectivity index (χ2v) is 7.82. The normalized spacial score (nSPS) is 18.8. The zero-order valence-corrected chi connectivity index (χ0v) is 17.8. The lowest BCUT2D eigenvalue weighted by molar-refractivity contribution is -0.929. The van der Waals surface area contributed by atoms with E-state index in [0.29, 0.717) is 18.0 Å². The average molecular weight is 425 g/mol. The fraction of sp³-hybridized carbons (Fsp3) is 0.364. The Morgan fingerprint density at radius 3 is 2.63 bits per heavy atom. The number of piperidine rings is 1. The molecule has 8 heteroatoms. The topological polar surface area (TPSA) is 66.4 Å². The molecule has 1 N–H and O–H groups in total. The summed E-state index contributed by atoms with van der Waals surface area (Å²) in [6.45, 7) is 4.75. The molecule has 0 unspecified atom stereocenters. The number of benzene rings is 1. The molecule has 1 aliphatic heterocycles. The molecule has 30 heavy (non-hydrogen) atoms. The number of likely N-dealkylation sites (tertiary alicyclic amines) is 1. The van der Waals surface area contributed by atoms with Crippen molar-refractivity contribution in [2.75, 3.05) is 19.7 Å². The first kappa shape index (κ1) is 20.4. The lowest BCUT2D eigenvalue weighted by atomic mass is 9.97. The highest BCUT2D eigenvalue weighted by molar-refractivity contribution is 7.71. The zero-order valence-electron chi connectivity index (χ0n) is 17.0. The summed E-state index contributed by atoms with van der Waals surface area (Å²) in [5.41, 5.74) is 1.89. The monoisotopic (exact) mass is 424 g/mol. The summed E-state index contributed by atoms with van der Waals surface area (Å²) in [7, 11) is 0. The lowest BCUT2D eigenvalue weighted by Gasteiger charge is -2.27. The molecule has 0 atom stereocenters. The van der Waals surface area contributed by atoms with Gasteiger partial charge in [-0.2, -0.15) is 4.68 Å². The summed E-state index contributed by atoms with van der Waals surface area (Å²) in [4.78, 5) is 17.6. The maximum Gasteiger partial charge on any atom is 0.309 e. The smallest absolute Gasteiger partial charge is 0.309 e. The van der Waals surface area contributed by atoms with Gasteiger partial charge in [-0.3, -0.25) is 14.3 Å². The predicted molar refractivity (Wildman–Crippen MR) is 116 cm³/mol. The number of aromatic nitrogens is 4. The number of pyridine rings is 1. The van der Waals surface area contributed by atoms with Crippen LogP contribution in [-0.4, -0.2) is 45.0 Å². The van der Waals surface area contributed by atoms with Crippen LogP contribution in [0.15, 0.2) is 54.9 Å². The predicted octanol–water partition coefficient (Wildman–Crippen LogP) is 2.28. The number of hydrogen-bond acceptors (Lipinski definition) is 5. The van der Waals surface area contributed by atoms with Gasteiger partial charge in [-0.1, -0.05) is 18.2 Å². The standard InChI is InChI=1S/C22H25N5O2S/c1-2-29-21(28)17-10-13-25(14-11-17)16-26-22(30)27(19-8-4-3-5-9-19)20(24-26)18-7-6-12-23-15-18/h3-9,12,15,17H,2,10-11,13-14,16H2,1H3/p+1. The van der Waals surface area contributed by atoms with E-state index in [-0.39, 0.29) is 11.9 Å². The van der Waals surface area contributed by atoms with Crippen molar-refractivity contribution in [1.29, 1.82) is 0 Å². The largest absolute Gasteiger partial charge is 0.466 e. The van der Waals surface area contributed by atoms with Crippen molar-refractivity contribution in [3.63, 3.8) is 0 Å². The molecular formula is C22H26N5O2S+. The number of hydrogen-bond donors (Lipinski definition) is 1. The summed E-state index contributed by atoms with van der Waals surface area (Å²) >= 11 is 5.82. The lowest BCUT2D eigenvalue weighted by Crippen LogP contribution is -3.12. The summed E-state index contributed by atoms with van der Waals surface area (Å²) in [6.07, 6.45) is 5.21. The van der Waals surface area contributed by atoms with Gasteiger partial charge in [0.25, 0.3) is 0 Å². The number of nitrogens with one attached hydrogen (secondary N) is 1. The first-order valence-corrected chi connectivity index (χ1v) is 10.7. The van der Waals surface area contributed by atoms with Crippen LogP contribution in [0.2, 0.25) is 0 Å². The van der Waals surface area contributed by atoms with E-state index in [1.807, 2.05) is 58.6 Å². The molecular weight excluding hydrogens is 398 g/mol. The third-order valence-electron chi connectivity index (χ3n) is 5.46. The van der Waals surface area contributed by atoms with Gasteiger partial charge < -0.3 is 9.64 Å². The highest BCUT2D eigenvalue weighted by atomic mass is 32.1. The van der Waals surface area contributed by atoms with Crippen LogP contribution in [0.4, 0.5) is 0 Å². The van der Waals surface area contributed by atoms with Gasteiger partial charge in [0.1, 0.15) is 0 Å². The van der Waals surface area contributed by atoms with Crippen molar-refractivity contribution in [2.45, 2.75) is 26.4 Å². The minimum absolute atomic E-state index is 0.00880. The van der Waals surface area contributed by atoms with E-state index in [1.54, 1.807) is 12.4 Å². The van der Waals surface area contributed by atoms with E-state index in [2.05, 4.69) is 4.98 Å². The molecule has 7 nitrogen and oxygen atoms in total. The molecule has 1 aromatic carbocycles. The van der Waals surface area contributed by atoms with Gasteiger partial charge in [-0.05, 0) is 43.4 Å². The molecule has 3 aromatic rings. The Morgan fingerprint density at radius 2 is 1.97 bits per heavy atom. The minimum atomic E-state index is -0.0691. The molecule has 1 aliphatic rings. The van der Waals surface area contributed by atoms with Crippen molar-refractivity contribution < 1.29 is 14.4 Å². The van der Waals surface area contributed by atoms with Crippen molar-refractivity contribution in [3.8, 4) is 17.1 Å². The maximum absolute atomic E-state index is 12.0. The highest BCUT2D eigenvalue weighted by Gasteiger charge is 2.29. The number of ether oxygens (including phenoxy) is 1. The first-order chi connectivity index (χ1) is 14.7. The van der Waals surface area contributed by atoms with Crippen LogP contribution >= 0.6 is 12.2 Å². The van der Waals surface area contributed by atoms with E-state index in [0.717, 1.165) is 43.0 Å². The summed E-state index contributed by atoms with van der Waals surface area (Å²) in [6, 6.07) is 13.9. The fourth-order valence-corrected chi connectivity index (χ4v) is 4.19. The van der Waals surface area contributed by atoms with Crippen LogP contribution in [0.25, 0.3) is 17.1 Å². The van der Waals surface area contributed by atoms with Crippen LogP contribution < -0.4 is 4.90 Å². The third kappa shape index (κ3) is 4.34. The van der Waals surface area contributed by atoms with Crippen molar-refractivity contribution in [1.82, 2.24) is 19.3 Å². The molecule has 0 radical (unpaired) electrons. The molecule has 0 saturated carbocycles. The third-order valence-corrected chi connectivity index (χ3v) is 5.85. The summed E-state index contributed by atoms with van der Waals surface area (Å²) in [5, 5.41) is 4.86. The molecule has 1 saturated heterocycles. The van der Waals surface area contributed by atoms with E-state index >= 15 is 0 Å². The Labute approximate surface area is 180 Å². The molecule has 4 rings (SSSR count). The van der Waals surface area contributed by atoms with E-state index < -0.39 is 0 Å². The number of para-hydroxylation sites is 1. The SMILES string of the molecule is CCOC(=O)C1CC[NH+](Cn2nc(-c3cccnc3)n(-c3ccccc3)c2=S)CC1. The van der Waals surface area contributed by atoms with Gasteiger partial charge in [0.15, 0.2) is 12.5 Å². The Balaban J connectivity index is 1.59. The van der Waals surface area contributed by atoms with Gasteiger partial charge >= 0.3 is 5.97 Å². The quantitative estimate of drug-likeness (QED) is 0.486. The number of nitrogens with zero attached hydrogens (tertiary/aromatic N) is 4. The second-order valence-electron chi connectivity index (χ2n) is 7.45. The second kappa shape index (κ2) is 9.32. The molecule has 3 heterocycles. The molecule has 0 bridgehead atoms. The van der Waals surface area contributed by atoms with Gasteiger partial charge in [-0.15, -0.1) is 5.10 Å². The zero-order chi connectivity index (χ0) is 20.9. The number of esters is 1. The summed E-state index contributed by atoms with van der Waals surface area (Å²) < 4.78 is 9.72. The Kier molecular flexibility index (Phi) is 6.35. The fourth-order valence-electron chi connectivity index (χ4n) is 3.89. The van der Waals surface area contributed by atoms with E-state index in [9.17, 15) is 4.79 Å². The Morgan fingerprint density at radius 1 is 1.20 bits per heavy atom. The minimum Gasteiger partial charge on any atom is -0.466 e. The van der Waals surface area contributed by atoms with Crippen LogP contribution in [0.3, 0.4) is 0 Å². The number of carbonyl (C=O) groups excluding carboxylic acids is 1. The van der Waals surface area contributed by atoms with E-state index in [4.69, 9.17) is 22.1 Å². The molecule has 0 spiro atoms. The number of rotatable bonds is 6. The van der Waals surface area contributed by atoms with Crippen LogP contribution in [0, 0.1) is 10.7 Å². The summed E-state index contributed by atoms with van der Waals surface area (Å²) in [5.74, 6) is 0.718. The van der Waals surface area contributed by atoms with Crippen LogP contribution in [0.1, 0.15) is 19.8 Å². The molecule has 0 aliphatic carbocycles. The van der Waals surface area contributed by atoms with Gasteiger partial charge in [0, 0.05) is 36.5 Å². The first-order valence-electron chi connectivity index (χ1n) is 10.3. The van der Waals surface area contributed by atoms with Gasteiger partial charge in [0.05, 0.1) is 25.6 Å². The van der Waals surface area contributed by atoms with E-state index in [1.165, 1.54) is 4.90 Å². The molecule has 156 valence electrons. The average Bonchev–Trinajstić information content (AvgIpc) is 3.11. The van der Waals surface area contributed by atoms with Crippen molar-refractivity contribution in [3.05, 3.63) is 59.6 Å².